The van der Waals surface area contributed by atoms with Gasteiger partial charge in [0.25, 0.3) is 0 Å². The van der Waals surface area contributed by atoms with Gasteiger partial charge in [0.2, 0.25) is 0 Å². The number of methoxy groups -OCH3 is 1. The minimum atomic E-state index is 0.843. The Hall–Kier alpha value is -1.71. The summed E-state index contributed by atoms with van der Waals surface area (Å²) >= 11 is 0. The van der Waals surface area contributed by atoms with Crippen LogP contribution in [0.2, 0.25) is 0 Å². The van der Waals surface area contributed by atoms with Crippen molar-refractivity contribution in [1.82, 2.24) is 10.6 Å². The number of hydrogen-bond donors (Lipinski definition) is 2. The number of aliphatic imine (C=N–C) groups is 1. The second kappa shape index (κ2) is 9.23. The Labute approximate surface area is 122 Å². The van der Waals surface area contributed by atoms with Crippen LogP contribution in [0, 0.1) is 6.92 Å². The van der Waals surface area contributed by atoms with Crippen LogP contribution in [0.1, 0.15) is 31.4 Å². The van der Waals surface area contributed by atoms with Crippen molar-refractivity contribution in [2.45, 2.75) is 33.6 Å². The smallest absolute Gasteiger partial charge is 0.191 e. The highest BCUT2D eigenvalue weighted by atomic mass is 16.5. The molecule has 1 aromatic carbocycles. The molecule has 0 aliphatic rings. The summed E-state index contributed by atoms with van der Waals surface area (Å²) in [7, 11) is 1.72. The maximum Gasteiger partial charge on any atom is 0.191 e. The molecule has 0 atom stereocenters. The lowest BCUT2D eigenvalue weighted by atomic mass is 10.1. The van der Waals surface area contributed by atoms with Gasteiger partial charge < -0.3 is 15.4 Å². The van der Waals surface area contributed by atoms with Gasteiger partial charge in [-0.2, -0.15) is 0 Å². The largest absolute Gasteiger partial charge is 0.496 e. The van der Waals surface area contributed by atoms with E-state index in [0.29, 0.717) is 0 Å². The van der Waals surface area contributed by atoms with E-state index in [0.717, 1.165) is 44.2 Å². The van der Waals surface area contributed by atoms with E-state index in [4.69, 9.17) is 4.74 Å². The molecule has 0 saturated carbocycles. The van der Waals surface area contributed by atoms with Crippen molar-refractivity contribution in [2.75, 3.05) is 26.7 Å². The number of hydrogen-bond acceptors (Lipinski definition) is 2. The number of nitrogens with one attached hydrogen (secondary N) is 2. The molecule has 0 spiro atoms. The molecule has 0 saturated heterocycles. The van der Waals surface area contributed by atoms with Gasteiger partial charge in [-0.25, -0.2) is 0 Å². The Bertz CT molecular complexity index is 430. The second-order valence-electron chi connectivity index (χ2n) is 4.75. The zero-order valence-corrected chi connectivity index (χ0v) is 13.1. The van der Waals surface area contributed by atoms with E-state index >= 15 is 0 Å². The second-order valence-corrected chi connectivity index (χ2v) is 4.75. The van der Waals surface area contributed by atoms with Gasteiger partial charge in [-0.15, -0.1) is 0 Å². The normalized spacial score (nSPS) is 11.3. The van der Waals surface area contributed by atoms with Crippen LogP contribution in [0.5, 0.6) is 5.75 Å². The molecule has 0 fully saturated rings. The lowest BCUT2D eigenvalue weighted by Crippen LogP contribution is -2.38. The lowest BCUT2D eigenvalue weighted by Gasteiger charge is -2.13. The van der Waals surface area contributed by atoms with Crippen LogP contribution in [0.15, 0.2) is 23.2 Å². The summed E-state index contributed by atoms with van der Waals surface area (Å²) < 4.78 is 5.40. The highest BCUT2D eigenvalue weighted by Gasteiger charge is 2.03. The van der Waals surface area contributed by atoms with Crippen molar-refractivity contribution >= 4 is 5.96 Å². The van der Waals surface area contributed by atoms with Crippen LogP contribution < -0.4 is 15.4 Å². The van der Waals surface area contributed by atoms with Crippen LogP contribution in [0.25, 0.3) is 0 Å². The van der Waals surface area contributed by atoms with E-state index < -0.39 is 0 Å². The first-order chi connectivity index (χ1) is 9.71. The highest BCUT2D eigenvalue weighted by molar-refractivity contribution is 5.79. The molecular formula is C16H27N3O. The molecule has 0 aliphatic heterocycles. The summed E-state index contributed by atoms with van der Waals surface area (Å²) in [6, 6.07) is 6.28. The predicted octanol–water partition coefficient (Wildman–Crippen LogP) is 2.51. The van der Waals surface area contributed by atoms with Crippen LogP contribution in [-0.2, 0) is 6.42 Å². The van der Waals surface area contributed by atoms with Gasteiger partial charge in [0, 0.05) is 19.6 Å². The Morgan fingerprint density at radius 1 is 1.25 bits per heavy atom. The zero-order valence-electron chi connectivity index (χ0n) is 13.1. The van der Waals surface area contributed by atoms with Crippen LogP contribution in [0.3, 0.4) is 0 Å². The minimum absolute atomic E-state index is 0.843. The van der Waals surface area contributed by atoms with E-state index in [9.17, 15) is 0 Å². The van der Waals surface area contributed by atoms with Crippen molar-refractivity contribution in [3.05, 3.63) is 29.3 Å². The molecule has 0 amide bonds. The van der Waals surface area contributed by atoms with Gasteiger partial charge in [-0.3, -0.25) is 4.99 Å². The van der Waals surface area contributed by atoms with E-state index in [1.165, 1.54) is 11.1 Å². The molecule has 4 heteroatoms. The maximum absolute atomic E-state index is 5.40. The third kappa shape index (κ3) is 5.51. The van der Waals surface area contributed by atoms with Crippen LogP contribution >= 0.6 is 0 Å². The summed E-state index contributed by atoms with van der Waals surface area (Å²) in [5.41, 5.74) is 2.48. The topological polar surface area (TPSA) is 45.7 Å². The zero-order chi connectivity index (χ0) is 14.8. The third-order valence-corrected chi connectivity index (χ3v) is 2.96. The monoisotopic (exact) mass is 277 g/mol. The van der Waals surface area contributed by atoms with E-state index in [1.54, 1.807) is 7.11 Å². The fraction of sp³-hybridized carbons (Fsp3) is 0.562. The van der Waals surface area contributed by atoms with Crippen LogP contribution in [0.4, 0.5) is 0 Å². The average molecular weight is 277 g/mol. The summed E-state index contributed by atoms with van der Waals surface area (Å²) in [5, 5.41) is 6.61. The fourth-order valence-corrected chi connectivity index (χ4v) is 1.98. The number of guanidine groups is 1. The summed E-state index contributed by atoms with van der Waals surface area (Å²) in [6.45, 7) is 8.88. The van der Waals surface area contributed by atoms with E-state index in [-0.39, 0.29) is 0 Å². The molecular weight excluding hydrogens is 250 g/mol. The Morgan fingerprint density at radius 2 is 2.05 bits per heavy atom. The van der Waals surface area contributed by atoms with Crippen molar-refractivity contribution in [3.8, 4) is 5.75 Å². The Balaban J connectivity index is 2.55. The van der Waals surface area contributed by atoms with Gasteiger partial charge in [-0.1, -0.05) is 24.6 Å². The standard InChI is InChI=1S/C16H27N3O/c1-5-10-18-16(17-6-2)19-11-9-14-12-13(3)7-8-15(14)20-4/h7-8,12H,5-6,9-11H2,1-4H3,(H2,17,18,19). The molecule has 0 aliphatic carbocycles. The quantitative estimate of drug-likeness (QED) is 0.594. The minimum Gasteiger partial charge on any atom is -0.496 e. The van der Waals surface area contributed by atoms with Gasteiger partial charge >= 0.3 is 0 Å². The molecule has 0 heterocycles. The first-order valence-electron chi connectivity index (χ1n) is 7.37. The molecule has 0 unspecified atom stereocenters. The highest BCUT2D eigenvalue weighted by Crippen LogP contribution is 2.19. The lowest BCUT2D eigenvalue weighted by molar-refractivity contribution is 0.409. The van der Waals surface area contributed by atoms with Gasteiger partial charge in [-0.05, 0) is 38.3 Å². The third-order valence-electron chi connectivity index (χ3n) is 2.96. The predicted molar refractivity (Wildman–Crippen MR) is 85.7 cm³/mol. The SMILES string of the molecule is CCCN=C(NCC)NCCc1cc(C)ccc1OC. The van der Waals surface area contributed by atoms with Gasteiger partial charge in [0.05, 0.1) is 7.11 Å². The number of benzene rings is 1. The molecule has 0 aromatic heterocycles. The number of aryl methyl sites for hydroxylation is 1. The first kappa shape index (κ1) is 16.3. The van der Waals surface area contributed by atoms with Crippen molar-refractivity contribution in [1.29, 1.82) is 0 Å². The fourth-order valence-electron chi connectivity index (χ4n) is 1.98. The summed E-state index contributed by atoms with van der Waals surface area (Å²) in [6.07, 6.45) is 1.98. The molecule has 1 rings (SSSR count). The number of rotatable bonds is 7. The van der Waals surface area contributed by atoms with Gasteiger partial charge in [0.1, 0.15) is 5.75 Å². The van der Waals surface area contributed by atoms with Crippen molar-refractivity contribution < 1.29 is 4.74 Å². The maximum atomic E-state index is 5.40. The number of nitrogens with zero attached hydrogens (tertiary/aromatic N) is 1. The average Bonchev–Trinajstić information content (AvgIpc) is 2.45. The molecule has 20 heavy (non-hydrogen) atoms. The van der Waals surface area contributed by atoms with E-state index in [2.05, 4.69) is 48.5 Å². The van der Waals surface area contributed by atoms with Crippen molar-refractivity contribution in [3.63, 3.8) is 0 Å². The Kier molecular flexibility index (Phi) is 7.55. The van der Waals surface area contributed by atoms with E-state index in [1.807, 2.05) is 6.07 Å². The van der Waals surface area contributed by atoms with Gasteiger partial charge in [0.15, 0.2) is 5.96 Å². The summed E-state index contributed by atoms with van der Waals surface area (Å²) in [5.74, 6) is 1.84. The van der Waals surface area contributed by atoms with Crippen LogP contribution in [-0.4, -0.2) is 32.7 Å². The molecule has 0 radical (unpaired) electrons. The summed E-state index contributed by atoms with van der Waals surface area (Å²) in [4.78, 5) is 4.49. The molecule has 0 bridgehead atoms. The first-order valence-corrected chi connectivity index (χ1v) is 7.37. The molecule has 112 valence electrons. The molecule has 4 nitrogen and oxygen atoms in total. The molecule has 1 aromatic rings. The number of ether oxygens (including phenoxy) is 1. The van der Waals surface area contributed by atoms with Crippen molar-refractivity contribution in [2.24, 2.45) is 4.99 Å². The Morgan fingerprint density at radius 3 is 2.70 bits per heavy atom. The molecule has 2 N–H and O–H groups in total.